The highest BCUT2D eigenvalue weighted by Gasteiger charge is 2.27. The van der Waals surface area contributed by atoms with E-state index in [1.165, 1.54) is 0 Å². The monoisotopic (exact) mass is 214 g/mol. The van der Waals surface area contributed by atoms with E-state index in [0.717, 1.165) is 6.42 Å². The number of ether oxygens (including phenoxy) is 1. The fourth-order valence-electron chi connectivity index (χ4n) is 1.15. The lowest BCUT2D eigenvalue weighted by Gasteiger charge is -2.18. The van der Waals surface area contributed by atoms with Gasteiger partial charge in [-0.1, -0.05) is 20.8 Å². The van der Waals surface area contributed by atoms with Gasteiger partial charge in [-0.3, -0.25) is 9.59 Å². The van der Waals surface area contributed by atoms with Crippen LogP contribution in [-0.2, 0) is 14.3 Å². The van der Waals surface area contributed by atoms with Gasteiger partial charge in [0.25, 0.3) is 0 Å². The Morgan fingerprint density at radius 1 is 1.13 bits per heavy atom. The van der Waals surface area contributed by atoms with Crippen LogP contribution in [0.1, 0.15) is 48.0 Å². The maximum absolute atomic E-state index is 11.5. The summed E-state index contributed by atoms with van der Waals surface area (Å²) in [6, 6.07) is 0. The Labute approximate surface area is 92.2 Å². The third kappa shape index (κ3) is 5.55. The van der Waals surface area contributed by atoms with Crippen LogP contribution in [0.2, 0.25) is 0 Å². The maximum Gasteiger partial charge on any atom is 0.318 e. The minimum absolute atomic E-state index is 0.212. The zero-order valence-electron chi connectivity index (χ0n) is 10.6. The van der Waals surface area contributed by atoms with Crippen LogP contribution < -0.4 is 0 Å². The number of hydrogen-bond acceptors (Lipinski definition) is 3. The van der Waals surface area contributed by atoms with Crippen molar-refractivity contribution in [1.82, 2.24) is 0 Å². The molecule has 0 radical (unpaired) electrons. The van der Waals surface area contributed by atoms with Gasteiger partial charge in [-0.2, -0.15) is 0 Å². The van der Waals surface area contributed by atoms with E-state index in [1.54, 1.807) is 27.7 Å². The minimum atomic E-state index is -0.618. The van der Waals surface area contributed by atoms with Crippen molar-refractivity contribution in [3.8, 4) is 0 Å². The highest BCUT2D eigenvalue weighted by atomic mass is 16.6. The van der Waals surface area contributed by atoms with Crippen LogP contribution >= 0.6 is 0 Å². The first-order valence-corrected chi connectivity index (χ1v) is 5.40. The van der Waals surface area contributed by atoms with Gasteiger partial charge in [-0.25, -0.2) is 0 Å². The molecular weight excluding hydrogens is 192 g/mol. The summed E-state index contributed by atoms with van der Waals surface area (Å²) in [4.78, 5) is 22.9. The molecule has 1 unspecified atom stereocenters. The summed E-state index contributed by atoms with van der Waals surface area (Å²) in [6.07, 6.45) is 0.746. The van der Waals surface area contributed by atoms with Crippen LogP contribution in [0.15, 0.2) is 0 Å². The lowest BCUT2D eigenvalue weighted by molar-refractivity contribution is -0.168. The Kier molecular flexibility index (Phi) is 4.98. The van der Waals surface area contributed by atoms with Gasteiger partial charge in [0.1, 0.15) is 0 Å². The molecule has 0 aliphatic rings. The largest absolute Gasteiger partial charge is 0.393 e. The molecule has 0 fully saturated rings. The molecule has 0 aliphatic carbocycles. The number of hydrogen-bond donors (Lipinski definition) is 0. The fraction of sp³-hybridized carbons (Fsp3) is 0.833. The molecule has 0 bridgehead atoms. The minimum Gasteiger partial charge on any atom is -0.393 e. The second-order valence-electron chi connectivity index (χ2n) is 5.49. The van der Waals surface area contributed by atoms with Crippen molar-refractivity contribution in [2.24, 2.45) is 17.3 Å². The Morgan fingerprint density at radius 3 is 1.93 bits per heavy atom. The molecule has 0 rings (SSSR count). The Balaban J connectivity index is 4.20. The van der Waals surface area contributed by atoms with E-state index >= 15 is 0 Å². The molecule has 88 valence electrons. The topological polar surface area (TPSA) is 43.4 Å². The highest BCUT2D eigenvalue weighted by molar-refractivity contribution is 5.89. The van der Waals surface area contributed by atoms with Crippen molar-refractivity contribution < 1.29 is 14.3 Å². The summed E-state index contributed by atoms with van der Waals surface area (Å²) >= 11 is 0. The molecule has 0 saturated carbocycles. The van der Waals surface area contributed by atoms with Crippen molar-refractivity contribution in [1.29, 1.82) is 0 Å². The van der Waals surface area contributed by atoms with Crippen molar-refractivity contribution in [2.45, 2.75) is 48.0 Å². The van der Waals surface area contributed by atoms with Crippen molar-refractivity contribution in [2.75, 3.05) is 0 Å². The SMILES string of the molecule is CC(C)CC(C)C(=O)OC(=O)C(C)(C)C. The zero-order valence-corrected chi connectivity index (χ0v) is 10.6. The predicted molar refractivity (Wildman–Crippen MR) is 59.2 cm³/mol. The quantitative estimate of drug-likeness (QED) is 0.536. The first-order chi connectivity index (χ1) is 6.64. The first-order valence-electron chi connectivity index (χ1n) is 5.40. The summed E-state index contributed by atoms with van der Waals surface area (Å²) in [7, 11) is 0. The molecule has 0 N–H and O–H groups in total. The average molecular weight is 214 g/mol. The second-order valence-corrected chi connectivity index (χ2v) is 5.49. The van der Waals surface area contributed by atoms with Crippen LogP contribution in [0.25, 0.3) is 0 Å². The molecule has 0 aromatic rings. The van der Waals surface area contributed by atoms with Gasteiger partial charge in [0, 0.05) is 0 Å². The molecular formula is C12H22O3. The molecule has 0 heterocycles. The summed E-state index contributed by atoms with van der Waals surface area (Å²) in [5.41, 5.74) is -0.618. The van der Waals surface area contributed by atoms with Crippen molar-refractivity contribution >= 4 is 11.9 Å². The molecule has 0 aromatic carbocycles. The van der Waals surface area contributed by atoms with E-state index in [1.807, 2.05) is 13.8 Å². The Morgan fingerprint density at radius 2 is 1.60 bits per heavy atom. The lowest BCUT2D eigenvalue weighted by Crippen LogP contribution is -2.28. The predicted octanol–water partition coefficient (Wildman–Crippen LogP) is 2.78. The molecule has 3 heteroatoms. The van der Waals surface area contributed by atoms with E-state index in [2.05, 4.69) is 0 Å². The van der Waals surface area contributed by atoms with E-state index in [0.29, 0.717) is 5.92 Å². The van der Waals surface area contributed by atoms with E-state index < -0.39 is 17.4 Å². The molecule has 3 nitrogen and oxygen atoms in total. The molecule has 0 spiro atoms. The van der Waals surface area contributed by atoms with Gasteiger partial charge in [0.2, 0.25) is 0 Å². The summed E-state index contributed by atoms with van der Waals surface area (Å²) in [6.45, 7) is 11.1. The third-order valence-corrected chi connectivity index (χ3v) is 2.03. The van der Waals surface area contributed by atoms with Crippen molar-refractivity contribution in [3.05, 3.63) is 0 Å². The highest BCUT2D eigenvalue weighted by Crippen LogP contribution is 2.18. The maximum atomic E-state index is 11.5. The van der Waals surface area contributed by atoms with Crippen molar-refractivity contribution in [3.63, 3.8) is 0 Å². The number of esters is 2. The Bertz CT molecular complexity index is 236. The van der Waals surface area contributed by atoms with E-state index in [9.17, 15) is 9.59 Å². The van der Waals surface area contributed by atoms with Gasteiger partial charge in [0.15, 0.2) is 0 Å². The molecule has 0 aliphatic heterocycles. The van der Waals surface area contributed by atoms with Crippen LogP contribution in [-0.4, -0.2) is 11.9 Å². The average Bonchev–Trinajstić information content (AvgIpc) is 2.00. The van der Waals surface area contributed by atoms with Gasteiger partial charge >= 0.3 is 11.9 Å². The molecule has 0 aromatic heterocycles. The first kappa shape index (κ1) is 14.1. The third-order valence-electron chi connectivity index (χ3n) is 2.03. The normalized spacial score (nSPS) is 13.8. The zero-order chi connectivity index (χ0) is 12.2. The number of carbonyl (C=O) groups excluding carboxylic acids is 2. The number of carbonyl (C=O) groups is 2. The van der Waals surface area contributed by atoms with Crippen LogP contribution in [0.3, 0.4) is 0 Å². The summed E-state index contributed by atoms with van der Waals surface area (Å²) in [5, 5.41) is 0. The summed E-state index contributed by atoms with van der Waals surface area (Å²) in [5.74, 6) is -0.652. The Hall–Kier alpha value is -0.860. The van der Waals surface area contributed by atoms with Gasteiger partial charge in [-0.05, 0) is 33.1 Å². The van der Waals surface area contributed by atoms with Crippen LogP contribution in [0.4, 0.5) is 0 Å². The van der Waals surface area contributed by atoms with Gasteiger partial charge in [-0.15, -0.1) is 0 Å². The second kappa shape index (κ2) is 5.29. The lowest BCUT2D eigenvalue weighted by atomic mass is 9.96. The van der Waals surface area contributed by atoms with Gasteiger partial charge in [0.05, 0.1) is 11.3 Å². The van der Waals surface area contributed by atoms with Gasteiger partial charge < -0.3 is 4.74 Å². The standard InChI is InChI=1S/C12H22O3/c1-8(2)7-9(3)10(13)15-11(14)12(4,5)6/h8-9H,7H2,1-6H3. The fourth-order valence-corrected chi connectivity index (χ4v) is 1.15. The molecule has 1 atom stereocenters. The molecule has 15 heavy (non-hydrogen) atoms. The number of rotatable bonds is 3. The van der Waals surface area contributed by atoms with Crippen LogP contribution in [0.5, 0.6) is 0 Å². The smallest absolute Gasteiger partial charge is 0.318 e. The molecule has 0 amide bonds. The molecule has 0 saturated heterocycles. The van der Waals surface area contributed by atoms with Crippen LogP contribution in [0, 0.1) is 17.3 Å². The van der Waals surface area contributed by atoms with E-state index in [4.69, 9.17) is 4.74 Å². The van der Waals surface area contributed by atoms with E-state index in [-0.39, 0.29) is 5.92 Å². The summed E-state index contributed by atoms with van der Waals surface area (Å²) < 4.78 is 4.80.